The van der Waals surface area contributed by atoms with Crippen LogP contribution in [0.4, 0.5) is 11.1 Å². The van der Waals surface area contributed by atoms with Crippen molar-refractivity contribution < 1.29 is 13.7 Å². The van der Waals surface area contributed by atoms with Crippen molar-refractivity contribution in [3.05, 3.63) is 29.7 Å². The van der Waals surface area contributed by atoms with Gasteiger partial charge in [-0.15, -0.1) is 11.3 Å². The van der Waals surface area contributed by atoms with Crippen molar-refractivity contribution in [3.63, 3.8) is 0 Å². The molecule has 1 aliphatic heterocycles. The van der Waals surface area contributed by atoms with Gasteiger partial charge in [0.15, 0.2) is 10.9 Å². The van der Waals surface area contributed by atoms with Crippen LogP contribution in [0.25, 0.3) is 11.5 Å². The van der Waals surface area contributed by atoms with Gasteiger partial charge in [0.25, 0.3) is 5.95 Å². The molecule has 1 fully saturated rings. The normalized spacial score (nSPS) is 17.3. The van der Waals surface area contributed by atoms with Gasteiger partial charge in [0.2, 0.25) is 11.8 Å². The molecular formula is C17H20N6O3S. The van der Waals surface area contributed by atoms with E-state index in [9.17, 15) is 4.79 Å². The summed E-state index contributed by atoms with van der Waals surface area (Å²) in [5, 5.41) is 9.23. The molecule has 1 amide bonds. The Morgan fingerprint density at radius 3 is 3.07 bits per heavy atom. The molecule has 0 spiro atoms. The Hall–Kier alpha value is -2.72. The highest BCUT2D eigenvalue weighted by atomic mass is 32.1. The third-order valence-electron chi connectivity index (χ3n) is 4.35. The van der Waals surface area contributed by atoms with E-state index in [1.807, 2.05) is 25.5 Å². The van der Waals surface area contributed by atoms with Gasteiger partial charge in [-0.2, -0.15) is 4.98 Å². The van der Waals surface area contributed by atoms with Gasteiger partial charge in [-0.25, -0.2) is 4.98 Å². The topological polar surface area (TPSA) is 101 Å². The van der Waals surface area contributed by atoms with Crippen molar-refractivity contribution in [2.24, 2.45) is 0 Å². The minimum Gasteiger partial charge on any atom is -0.463 e. The molecule has 1 aliphatic rings. The van der Waals surface area contributed by atoms with Gasteiger partial charge < -0.3 is 19.2 Å². The minimum absolute atomic E-state index is 0.0353. The Bertz CT molecular complexity index is 904. The molecule has 10 heteroatoms. The van der Waals surface area contributed by atoms with Gasteiger partial charge in [-0.1, -0.05) is 0 Å². The average Bonchev–Trinajstić information content (AvgIpc) is 3.41. The van der Waals surface area contributed by atoms with E-state index < -0.39 is 0 Å². The van der Waals surface area contributed by atoms with Crippen LogP contribution in [0.15, 0.2) is 32.7 Å². The lowest BCUT2D eigenvalue weighted by Crippen LogP contribution is -2.33. The van der Waals surface area contributed by atoms with Crippen LogP contribution in [0.1, 0.15) is 24.8 Å². The molecule has 27 heavy (non-hydrogen) atoms. The molecule has 0 radical (unpaired) electrons. The Kier molecular flexibility index (Phi) is 4.90. The maximum absolute atomic E-state index is 12.5. The predicted molar refractivity (Wildman–Crippen MR) is 101 cm³/mol. The zero-order valence-corrected chi connectivity index (χ0v) is 15.9. The number of nitrogens with zero attached hydrogens (tertiary/aromatic N) is 5. The molecule has 4 heterocycles. The number of likely N-dealkylation sites (tertiary alicyclic amines) is 1. The zero-order valence-electron chi connectivity index (χ0n) is 15.1. The standard InChI is InChI=1S/C17H20N6O3S/c1-22(2)16-20-15(26-21-16)12-5-3-7-23(12)9-14(24)19-17-18-11(10-27-17)13-6-4-8-25-13/h4,6,8,10,12H,3,5,7,9H2,1-2H3,(H,18,19,24). The van der Waals surface area contributed by atoms with Gasteiger partial charge in [-0.05, 0) is 36.7 Å². The van der Waals surface area contributed by atoms with E-state index in [0.717, 1.165) is 19.4 Å². The van der Waals surface area contributed by atoms with Crippen molar-refractivity contribution in [3.8, 4) is 11.5 Å². The summed E-state index contributed by atoms with van der Waals surface area (Å²) in [6.45, 7) is 1.06. The number of rotatable bonds is 6. The number of nitrogens with one attached hydrogen (secondary N) is 1. The third kappa shape index (κ3) is 3.86. The fourth-order valence-electron chi connectivity index (χ4n) is 3.05. The highest BCUT2D eigenvalue weighted by molar-refractivity contribution is 7.14. The maximum Gasteiger partial charge on any atom is 0.265 e. The summed E-state index contributed by atoms with van der Waals surface area (Å²) in [5.74, 6) is 1.65. The average molecular weight is 388 g/mol. The molecule has 1 atom stereocenters. The van der Waals surface area contributed by atoms with Gasteiger partial charge in [0.1, 0.15) is 5.69 Å². The second-order valence-corrected chi connectivity index (χ2v) is 7.38. The number of hydrogen-bond donors (Lipinski definition) is 1. The number of furan rings is 1. The van der Waals surface area contributed by atoms with Crippen LogP contribution in [0.3, 0.4) is 0 Å². The molecule has 1 saturated heterocycles. The van der Waals surface area contributed by atoms with E-state index in [0.29, 0.717) is 28.4 Å². The molecule has 0 aliphatic carbocycles. The fraction of sp³-hybridized carbons (Fsp3) is 0.412. The number of carbonyl (C=O) groups is 1. The van der Waals surface area contributed by atoms with Crippen molar-refractivity contribution in [2.45, 2.75) is 18.9 Å². The summed E-state index contributed by atoms with van der Waals surface area (Å²) in [6.07, 6.45) is 3.47. The van der Waals surface area contributed by atoms with E-state index in [1.165, 1.54) is 11.3 Å². The number of amides is 1. The zero-order chi connectivity index (χ0) is 18.8. The molecule has 1 unspecified atom stereocenters. The van der Waals surface area contributed by atoms with Crippen LogP contribution in [0, 0.1) is 0 Å². The summed E-state index contributed by atoms with van der Waals surface area (Å²) in [4.78, 5) is 25.1. The lowest BCUT2D eigenvalue weighted by Gasteiger charge is -2.20. The maximum atomic E-state index is 12.5. The van der Waals surface area contributed by atoms with Crippen molar-refractivity contribution in [2.75, 3.05) is 37.4 Å². The SMILES string of the molecule is CN(C)c1noc(C2CCCN2CC(=O)Nc2nc(-c3ccco3)cs2)n1. The Morgan fingerprint density at radius 1 is 1.44 bits per heavy atom. The summed E-state index contributed by atoms with van der Waals surface area (Å²) in [7, 11) is 3.72. The molecular weight excluding hydrogens is 368 g/mol. The highest BCUT2D eigenvalue weighted by Crippen LogP contribution is 2.31. The van der Waals surface area contributed by atoms with E-state index in [1.54, 1.807) is 17.2 Å². The van der Waals surface area contributed by atoms with Gasteiger partial charge in [0.05, 0.1) is 18.8 Å². The number of thiazole rings is 1. The smallest absolute Gasteiger partial charge is 0.265 e. The van der Waals surface area contributed by atoms with Crippen LogP contribution in [0.2, 0.25) is 0 Å². The van der Waals surface area contributed by atoms with Gasteiger partial charge in [-0.3, -0.25) is 9.69 Å². The molecule has 1 N–H and O–H groups in total. The second-order valence-electron chi connectivity index (χ2n) is 6.52. The molecule has 0 bridgehead atoms. The van der Waals surface area contributed by atoms with E-state index >= 15 is 0 Å². The lowest BCUT2D eigenvalue weighted by molar-refractivity contribution is -0.117. The Morgan fingerprint density at radius 2 is 2.33 bits per heavy atom. The summed E-state index contributed by atoms with van der Waals surface area (Å²) >= 11 is 1.37. The fourth-order valence-corrected chi connectivity index (χ4v) is 3.77. The quantitative estimate of drug-likeness (QED) is 0.688. The largest absolute Gasteiger partial charge is 0.463 e. The van der Waals surface area contributed by atoms with E-state index in [4.69, 9.17) is 8.94 Å². The van der Waals surface area contributed by atoms with E-state index in [2.05, 4.69) is 25.3 Å². The van der Waals surface area contributed by atoms with Crippen LogP contribution in [-0.4, -0.2) is 53.1 Å². The molecule has 0 aromatic carbocycles. The first-order valence-corrected chi connectivity index (χ1v) is 9.52. The highest BCUT2D eigenvalue weighted by Gasteiger charge is 2.32. The molecule has 3 aromatic heterocycles. The van der Waals surface area contributed by atoms with E-state index in [-0.39, 0.29) is 18.5 Å². The van der Waals surface area contributed by atoms with Crippen molar-refractivity contribution in [1.29, 1.82) is 0 Å². The number of aromatic nitrogens is 3. The minimum atomic E-state index is -0.116. The molecule has 9 nitrogen and oxygen atoms in total. The lowest BCUT2D eigenvalue weighted by atomic mass is 10.2. The van der Waals surface area contributed by atoms with Crippen LogP contribution < -0.4 is 10.2 Å². The van der Waals surface area contributed by atoms with Crippen molar-refractivity contribution in [1.82, 2.24) is 20.0 Å². The molecule has 0 saturated carbocycles. The summed E-state index contributed by atoms with van der Waals surface area (Å²) in [5.41, 5.74) is 0.710. The first-order chi connectivity index (χ1) is 13.1. The first kappa shape index (κ1) is 17.7. The molecule has 142 valence electrons. The van der Waals surface area contributed by atoms with Crippen molar-refractivity contribution >= 4 is 28.3 Å². The summed E-state index contributed by atoms with van der Waals surface area (Å²) < 4.78 is 10.7. The van der Waals surface area contributed by atoms with Crippen LogP contribution in [-0.2, 0) is 4.79 Å². The predicted octanol–water partition coefficient (Wildman–Crippen LogP) is 2.63. The third-order valence-corrected chi connectivity index (χ3v) is 5.11. The van der Waals surface area contributed by atoms with Gasteiger partial charge >= 0.3 is 0 Å². The molecule has 3 aromatic rings. The Balaban J connectivity index is 1.38. The number of anilines is 2. The Labute approximate surface area is 160 Å². The monoisotopic (exact) mass is 388 g/mol. The van der Waals surface area contributed by atoms with Gasteiger partial charge in [0, 0.05) is 19.5 Å². The van der Waals surface area contributed by atoms with Crippen LogP contribution in [0.5, 0.6) is 0 Å². The molecule has 4 rings (SSSR count). The second kappa shape index (κ2) is 7.49. The first-order valence-electron chi connectivity index (χ1n) is 8.64. The van der Waals surface area contributed by atoms with Crippen LogP contribution >= 0.6 is 11.3 Å². The summed E-state index contributed by atoms with van der Waals surface area (Å²) in [6, 6.07) is 3.61. The number of carbonyl (C=O) groups excluding carboxylic acids is 1. The number of hydrogen-bond acceptors (Lipinski definition) is 9.